The third-order valence-electron chi connectivity index (χ3n) is 2.27. The number of benzene rings is 1. The van der Waals surface area contributed by atoms with Crippen LogP contribution in [0, 0.1) is 6.92 Å². The van der Waals surface area contributed by atoms with E-state index in [0.717, 1.165) is 23.3 Å². The van der Waals surface area contributed by atoms with Gasteiger partial charge in [-0.05, 0) is 36.3 Å². The van der Waals surface area contributed by atoms with Crippen molar-refractivity contribution in [3.8, 4) is 0 Å². The van der Waals surface area contributed by atoms with Crippen LogP contribution in [0.25, 0.3) is 6.08 Å². The summed E-state index contributed by atoms with van der Waals surface area (Å²) in [7, 11) is 1.39. The molecule has 0 unspecified atom stereocenters. The third-order valence-corrected chi connectivity index (χ3v) is 2.53. The molecule has 0 saturated carbocycles. The Balaban J connectivity index is 2.93. The van der Waals surface area contributed by atoms with Crippen LogP contribution in [-0.4, -0.2) is 18.8 Å². The van der Waals surface area contributed by atoms with Crippen LogP contribution in [0.15, 0.2) is 24.3 Å². The molecule has 1 rings (SSSR count). The van der Waals surface area contributed by atoms with Gasteiger partial charge < -0.3 is 4.74 Å². The number of carbonyl (C=O) groups excluding carboxylic acids is 1. The van der Waals surface area contributed by atoms with Crippen molar-refractivity contribution < 1.29 is 9.53 Å². The first-order chi connectivity index (χ1) is 7.69. The number of thiol groups is 1. The predicted octanol–water partition coefficient (Wildman–Crippen LogP) is 3.11. The lowest BCUT2D eigenvalue weighted by Crippen LogP contribution is -2.03. The van der Waals surface area contributed by atoms with Gasteiger partial charge in [0.15, 0.2) is 0 Å². The van der Waals surface area contributed by atoms with E-state index >= 15 is 0 Å². The number of esters is 1. The van der Waals surface area contributed by atoms with Crippen LogP contribution in [0.3, 0.4) is 0 Å². The molecular formula is C13H16O2S. The number of carbonyl (C=O) groups is 1. The number of hydrogen-bond acceptors (Lipinski definition) is 3. The summed E-state index contributed by atoms with van der Waals surface area (Å²) < 4.78 is 4.72. The van der Waals surface area contributed by atoms with Crippen LogP contribution in [-0.2, 0) is 4.74 Å². The predicted molar refractivity (Wildman–Crippen MR) is 70.0 cm³/mol. The second kappa shape index (κ2) is 6.38. The number of rotatable bonds is 4. The number of allylic oxidation sites excluding steroid dienone is 1. The van der Waals surface area contributed by atoms with Crippen LogP contribution in [0.2, 0.25) is 0 Å². The second-order valence-corrected chi connectivity index (χ2v) is 3.93. The van der Waals surface area contributed by atoms with Gasteiger partial charge >= 0.3 is 5.97 Å². The van der Waals surface area contributed by atoms with Gasteiger partial charge in [-0.25, -0.2) is 4.79 Å². The van der Waals surface area contributed by atoms with Crippen molar-refractivity contribution in [1.29, 1.82) is 0 Å². The minimum Gasteiger partial charge on any atom is -0.465 e. The quantitative estimate of drug-likeness (QED) is 0.642. The average molecular weight is 236 g/mol. The van der Waals surface area contributed by atoms with Crippen LogP contribution < -0.4 is 0 Å². The van der Waals surface area contributed by atoms with E-state index in [0.29, 0.717) is 5.56 Å². The fourth-order valence-corrected chi connectivity index (χ4v) is 1.52. The highest BCUT2D eigenvalue weighted by atomic mass is 32.1. The third kappa shape index (κ3) is 3.42. The summed E-state index contributed by atoms with van der Waals surface area (Å²) in [6.45, 7) is 1.90. The van der Waals surface area contributed by atoms with Gasteiger partial charge in [-0.1, -0.05) is 24.3 Å². The largest absolute Gasteiger partial charge is 0.465 e. The molecule has 0 aliphatic rings. The highest BCUT2D eigenvalue weighted by molar-refractivity contribution is 7.80. The van der Waals surface area contributed by atoms with Crippen LogP contribution in [0.5, 0.6) is 0 Å². The Hall–Kier alpha value is -1.22. The van der Waals surface area contributed by atoms with E-state index in [1.54, 1.807) is 0 Å². The molecule has 3 heteroatoms. The maximum atomic E-state index is 11.5. The number of aryl methyl sites for hydroxylation is 1. The van der Waals surface area contributed by atoms with Crippen molar-refractivity contribution in [2.24, 2.45) is 0 Å². The van der Waals surface area contributed by atoms with Crippen LogP contribution in [0.1, 0.15) is 27.9 Å². The first-order valence-corrected chi connectivity index (χ1v) is 5.78. The summed E-state index contributed by atoms with van der Waals surface area (Å²) in [5.41, 5.74) is 2.56. The second-order valence-electron chi connectivity index (χ2n) is 3.48. The molecule has 86 valence electrons. The van der Waals surface area contributed by atoms with Gasteiger partial charge in [0.2, 0.25) is 0 Å². The Morgan fingerprint density at radius 2 is 2.25 bits per heavy atom. The molecule has 1 aromatic carbocycles. The molecule has 2 nitrogen and oxygen atoms in total. The summed E-state index contributed by atoms with van der Waals surface area (Å²) in [6.07, 6.45) is 4.95. The highest BCUT2D eigenvalue weighted by Gasteiger charge is 2.08. The molecule has 0 aromatic heterocycles. The average Bonchev–Trinajstić information content (AvgIpc) is 2.30. The van der Waals surface area contributed by atoms with Gasteiger partial charge in [0.05, 0.1) is 12.7 Å². The van der Waals surface area contributed by atoms with Crippen LogP contribution in [0.4, 0.5) is 0 Å². The first kappa shape index (κ1) is 12.8. The van der Waals surface area contributed by atoms with Gasteiger partial charge in [0.25, 0.3) is 0 Å². The minimum atomic E-state index is -0.290. The fraction of sp³-hybridized carbons (Fsp3) is 0.308. The first-order valence-electron chi connectivity index (χ1n) is 5.15. The van der Waals surface area contributed by atoms with E-state index in [1.165, 1.54) is 7.11 Å². The molecular weight excluding hydrogens is 220 g/mol. The van der Waals surface area contributed by atoms with Crippen molar-refractivity contribution in [3.63, 3.8) is 0 Å². The monoisotopic (exact) mass is 236 g/mol. The number of ether oxygens (including phenoxy) is 1. The van der Waals surface area contributed by atoms with Gasteiger partial charge in [-0.2, -0.15) is 12.6 Å². The molecule has 0 aliphatic heterocycles. The molecule has 0 N–H and O–H groups in total. The zero-order chi connectivity index (χ0) is 12.0. The van der Waals surface area contributed by atoms with Gasteiger partial charge in [0, 0.05) is 0 Å². The Kier molecular flexibility index (Phi) is 5.12. The molecule has 16 heavy (non-hydrogen) atoms. The lowest BCUT2D eigenvalue weighted by molar-refractivity contribution is 0.0600. The number of hydrogen-bond donors (Lipinski definition) is 1. The zero-order valence-corrected chi connectivity index (χ0v) is 10.5. The van der Waals surface area contributed by atoms with Gasteiger partial charge in [-0.3, -0.25) is 0 Å². The molecule has 0 saturated heterocycles. The topological polar surface area (TPSA) is 26.3 Å². The van der Waals surface area contributed by atoms with E-state index in [2.05, 4.69) is 12.6 Å². The standard InChI is InChI=1S/C13H16O2S/c1-10-6-7-11(5-3-4-8-16)9-12(10)13(14)15-2/h3,5-7,9,16H,4,8H2,1-2H3. The van der Waals surface area contributed by atoms with Crippen LogP contribution >= 0.6 is 12.6 Å². The molecule has 0 fully saturated rings. The molecule has 1 aromatic rings. The maximum Gasteiger partial charge on any atom is 0.338 e. The Bertz CT molecular complexity index is 397. The van der Waals surface area contributed by atoms with E-state index in [-0.39, 0.29) is 5.97 Å². The van der Waals surface area contributed by atoms with Gasteiger partial charge in [0.1, 0.15) is 0 Å². The van der Waals surface area contributed by atoms with Crippen molar-refractivity contribution in [2.75, 3.05) is 12.9 Å². The fourth-order valence-electron chi connectivity index (χ4n) is 1.37. The van der Waals surface area contributed by atoms with Crippen molar-refractivity contribution in [1.82, 2.24) is 0 Å². The summed E-state index contributed by atoms with van der Waals surface area (Å²) in [4.78, 5) is 11.5. The van der Waals surface area contributed by atoms with Crippen molar-refractivity contribution >= 4 is 24.7 Å². The molecule has 0 aliphatic carbocycles. The van der Waals surface area contributed by atoms with E-state index in [1.807, 2.05) is 37.3 Å². The minimum absolute atomic E-state index is 0.290. The lowest BCUT2D eigenvalue weighted by Gasteiger charge is -2.04. The summed E-state index contributed by atoms with van der Waals surface area (Å²) >= 11 is 4.13. The molecule has 0 radical (unpaired) electrons. The Morgan fingerprint density at radius 1 is 1.50 bits per heavy atom. The summed E-state index contributed by atoms with van der Waals surface area (Å²) in [5.74, 6) is 0.536. The smallest absolute Gasteiger partial charge is 0.338 e. The Morgan fingerprint density at radius 3 is 2.88 bits per heavy atom. The number of methoxy groups -OCH3 is 1. The normalized spacial score (nSPS) is 10.7. The maximum absolute atomic E-state index is 11.5. The van der Waals surface area contributed by atoms with Gasteiger partial charge in [-0.15, -0.1) is 0 Å². The Labute approximate surface area is 102 Å². The molecule has 0 heterocycles. The van der Waals surface area contributed by atoms with E-state index in [9.17, 15) is 4.79 Å². The zero-order valence-electron chi connectivity index (χ0n) is 9.56. The molecule has 0 amide bonds. The van der Waals surface area contributed by atoms with Crippen molar-refractivity contribution in [2.45, 2.75) is 13.3 Å². The molecule has 0 spiro atoms. The lowest BCUT2D eigenvalue weighted by atomic mass is 10.0. The highest BCUT2D eigenvalue weighted by Crippen LogP contribution is 2.13. The molecule has 0 atom stereocenters. The van der Waals surface area contributed by atoms with E-state index < -0.39 is 0 Å². The van der Waals surface area contributed by atoms with Crippen molar-refractivity contribution in [3.05, 3.63) is 41.0 Å². The SMILES string of the molecule is COC(=O)c1cc(C=CCCS)ccc1C. The summed E-state index contributed by atoms with van der Waals surface area (Å²) in [6, 6.07) is 5.75. The molecule has 0 bridgehead atoms. The summed E-state index contributed by atoms with van der Waals surface area (Å²) in [5, 5.41) is 0. The van der Waals surface area contributed by atoms with E-state index in [4.69, 9.17) is 4.74 Å².